The van der Waals surface area contributed by atoms with Crippen molar-refractivity contribution in [1.29, 1.82) is 0 Å². The highest BCUT2D eigenvalue weighted by atomic mass is 32.1. The van der Waals surface area contributed by atoms with Gasteiger partial charge in [-0.15, -0.1) is 0 Å². The number of amides is 4. The van der Waals surface area contributed by atoms with Crippen molar-refractivity contribution in [3.63, 3.8) is 0 Å². The van der Waals surface area contributed by atoms with Crippen molar-refractivity contribution in [1.82, 2.24) is 0 Å². The quantitative estimate of drug-likeness (QED) is 0.634. The number of carbonyl (C=O) groups is 3. The molecular formula is C14H14N4O4S. The average Bonchev–Trinajstić information content (AvgIpc) is 2.88. The zero-order chi connectivity index (χ0) is 16.8. The average molecular weight is 334 g/mol. The van der Waals surface area contributed by atoms with Gasteiger partial charge < -0.3 is 21.5 Å². The highest BCUT2D eigenvalue weighted by molar-refractivity contribution is 7.20. The molecule has 9 heteroatoms. The van der Waals surface area contributed by atoms with Crippen LogP contribution in [0, 0.1) is 0 Å². The maximum atomic E-state index is 11.8. The Morgan fingerprint density at radius 3 is 2.39 bits per heavy atom. The molecule has 8 nitrogen and oxygen atoms in total. The number of anilines is 2. The van der Waals surface area contributed by atoms with E-state index in [1.165, 1.54) is 6.07 Å². The van der Waals surface area contributed by atoms with Gasteiger partial charge in [-0.05, 0) is 18.2 Å². The molecule has 0 saturated carbocycles. The minimum Gasteiger partial charge on any atom is -0.484 e. The Bertz CT molecular complexity index is 730. The molecule has 0 unspecified atom stereocenters. The van der Waals surface area contributed by atoms with Gasteiger partial charge in [0.05, 0.1) is 10.6 Å². The molecule has 23 heavy (non-hydrogen) atoms. The molecule has 1 aromatic heterocycles. The molecular weight excluding hydrogens is 320 g/mol. The largest absolute Gasteiger partial charge is 0.484 e. The van der Waals surface area contributed by atoms with Crippen LogP contribution < -0.4 is 26.8 Å². The zero-order valence-electron chi connectivity index (χ0n) is 11.9. The molecule has 0 saturated heterocycles. The van der Waals surface area contributed by atoms with Crippen molar-refractivity contribution in [3.05, 3.63) is 42.0 Å². The summed E-state index contributed by atoms with van der Waals surface area (Å²) < 4.78 is 5.30. The number of carbonyl (C=O) groups excluding carboxylic acids is 3. The van der Waals surface area contributed by atoms with Crippen LogP contribution in [0.2, 0.25) is 0 Å². The summed E-state index contributed by atoms with van der Waals surface area (Å²) in [5, 5.41) is 5.34. The van der Waals surface area contributed by atoms with Gasteiger partial charge >= 0.3 is 6.03 Å². The van der Waals surface area contributed by atoms with Crippen LogP contribution in [0.25, 0.3) is 0 Å². The Balaban J connectivity index is 2.00. The lowest BCUT2D eigenvalue weighted by Gasteiger charge is -2.05. The number of thiophene rings is 1. The third kappa shape index (κ3) is 4.71. The van der Waals surface area contributed by atoms with Gasteiger partial charge in [0.2, 0.25) is 0 Å². The molecule has 1 heterocycles. The number of ether oxygens (including phenoxy) is 1. The highest BCUT2D eigenvalue weighted by Crippen LogP contribution is 2.31. The third-order valence-corrected chi connectivity index (χ3v) is 3.58. The van der Waals surface area contributed by atoms with Gasteiger partial charge in [-0.1, -0.05) is 29.5 Å². The molecule has 0 radical (unpaired) electrons. The van der Waals surface area contributed by atoms with Crippen LogP contribution in [0.15, 0.2) is 36.4 Å². The maximum Gasteiger partial charge on any atom is 0.317 e. The predicted molar refractivity (Wildman–Crippen MR) is 86.6 cm³/mol. The fourth-order valence-electron chi connectivity index (χ4n) is 1.68. The normalized spacial score (nSPS) is 9.91. The van der Waals surface area contributed by atoms with Crippen LogP contribution in [0.4, 0.5) is 14.8 Å². The molecule has 0 spiro atoms. The molecule has 0 aliphatic heterocycles. The number of urea groups is 1. The minimum absolute atomic E-state index is 0.0630. The summed E-state index contributed by atoms with van der Waals surface area (Å²) in [4.78, 5) is 34.0. The summed E-state index contributed by atoms with van der Waals surface area (Å²) in [7, 11) is 0. The van der Waals surface area contributed by atoms with Crippen molar-refractivity contribution in [2.45, 2.75) is 0 Å². The Morgan fingerprint density at radius 1 is 1.09 bits per heavy atom. The SMILES string of the molecule is NC(=O)Nc1sc(NC(=O)COc2ccccc2)cc1C(N)=O. The molecule has 6 N–H and O–H groups in total. The second kappa shape index (κ2) is 7.27. The first-order valence-corrected chi connectivity index (χ1v) is 7.25. The molecule has 0 fully saturated rings. The fourth-order valence-corrected chi connectivity index (χ4v) is 2.66. The van der Waals surface area contributed by atoms with Crippen LogP contribution in [0.5, 0.6) is 5.75 Å². The minimum atomic E-state index is -0.834. The van der Waals surface area contributed by atoms with E-state index in [2.05, 4.69) is 10.6 Å². The van der Waals surface area contributed by atoms with Crippen LogP contribution in [0.1, 0.15) is 10.4 Å². The number of para-hydroxylation sites is 1. The van der Waals surface area contributed by atoms with Crippen molar-refractivity contribution in [2.24, 2.45) is 11.5 Å². The van der Waals surface area contributed by atoms with Crippen LogP contribution >= 0.6 is 11.3 Å². The van der Waals surface area contributed by atoms with Gasteiger partial charge in [-0.2, -0.15) is 0 Å². The van der Waals surface area contributed by atoms with Crippen molar-refractivity contribution in [2.75, 3.05) is 17.2 Å². The molecule has 2 aromatic rings. The monoisotopic (exact) mass is 334 g/mol. The number of rotatable bonds is 6. The molecule has 0 atom stereocenters. The molecule has 4 amide bonds. The van der Waals surface area contributed by atoms with Gasteiger partial charge in [0.1, 0.15) is 10.8 Å². The smallest absolute Gasteiger partial charge is 0.317 e. The Morgan fingerprint density at radius 2 is 1.78 bits per heavy atom. The maximum absolute atomic E-state index is 11.8. The van der Waals surface area contributed by atoms with Gasteiger partial charge in [0.15, 0.2) is 6.61 Å². The van der Waals surface area contributed by atoms with E-state index in [4.69, 9.17) is 16.2 Å². The lowest BCUT2D eigenvalue weighted by atomic mass is 10.3. The molecule has 0 bridgehead atoms. The molecule has 2 rings (SSSR count). The van der Waals surface area contributed by atoms with E-state index in [-0.39, 0.29) is 17.2 Å². The van der Waals surface area contributed by atoms with E-state index < -0.39 is 17.8 Å². The highest BCUT2D eigenvalue weighted by Gasteiger charge is 2.16. The van der Waals surface area contributed by atoms with E-state index >= 15 is 0 Å². The van der Waals surface area contributed by atoms with E-state index in [1.807, 2.05) is 6.07 Å². The van der Waals surface area contributed by atoms with Gasteiger partial charge in [0, 0.05) is 0 Å². The van der Waals surface area contributed by atoms with Crippen LogP contribution in [0.3, 0.4) is 0 Å². The van der Waals surface area contributed by atoms with Gasteiger partial charge in [0.25, 0.3) is 11.8 Å². The summed E-state index contributed by atoms with van der Waals surface area (Å²) in [5.74, 6) is -0.606. The first-order chi connectivity index (χ1) is 11.0. The van der Waals surface area contributed by atoms with Gasteiger partial charge in [-0.25, -0.2) is 4.79 Å². The first kappa shape index (κ1) is 16.3. The summed E-state index contributed by atoms with van der Waals surface area (Å²) in [6, 6.07) is 9.37. The zero-order valence-corrected chi connectivity index (χ0v) is 12.7. The van der Waals surface area contributed by atoms with E-state index in [1.54, 1.807) is 24.3 Å². The fraction of sp³-hybridized carbons (Fsp3) is 0.0714. The summed E-state index contributed by atoms with van der Waals surface area (Å²) in [6.45, 7) is -0.202. The second-order valence-corrected chi connectivity index (χ2v) is 5.41. The number of hydrogen-bond acceptors (Lipinski definition) is 5. The Hall–Kier alpha value is -3.07. The number of nitrogens with two attached hydrogens (primary N) is 2. The molecule has 0 aliphatic rings. The topological polar surface area (TPSA) is 137 Å². The lowest BCUT2D eigenvalue weighted by molar-refractivity contribution is -0.118. The van der Waals surface area contributed by atoms with E-state index in [0.29, 0.717) is 10.8 Å². The first-order valence-electron chi connectivity index (χ1n) is 6.43. The van der Waals surface area contributed by atoms with Crippen molar-refractivity contribution >= 4 is 39.2 Å². The Kier molecular flexibility index (Phi) is 5.15. The lowest BCUT2D eigenvalue weighted by Crippen LogP contribution is -2.21. The predicted octanol–water partition coefficient (Wildman–Crippen LogP) is 1.36. The number of primary amides is 2. The summed E-state index contributed by atoms with van der Waals surface area (Å²) in [6.07, 6.45) is 0. The second-order valence-electron chi connectivity index (χ2n) is 4.36. The van der Waals surface area contributed by atoms with Crippen molar-refractivity contribution < 1.29 is 19.1 Å². The number of nitrogens with one attached hydrogen (secondary N) is 2. The molecule has 1 aromatic carbocycles. The van der Waals surface area contributed by atoms with E-state index in [9.17, 15) is 14.4 Å². The van der Waals surface area contributed by atoms with Gasteiger partial charge in [-0.3, -0.25) is 14.9 Å². The molecule has 120 valence electrons. The molecule has 0 aliphatic carbocycles. The standard InChI is InChI=1S/C14H14N4O4S/c15-12(20)9-6-11(23-13(9)18-14(16)21)17-10(19)7-22-8-4-2-1-3-5-8/h1-6H,7H2,(H2,15,20)(H,17,19)(H3,16,18,21). The number of benzene rings is 1. The van der Waals surface area contributed by atoms with Crippen LogP contribution in [-0.4, -0.2) is 24.5 Å². The van der Waals surface area contributed by atoms with Crippen LogP contribution in [-0.2, 0) is 4.79 Å². The Labute approximate surface area is 135 Å². The van der Waals surface area contributed by atoms with E-state index in [0.717, 1.165) is 11.3 Å². The summed E-state index contributed by atoms with van der Waals surface area (Å²) >= 11 is 0.966. The third-order valence-electron chi connectivity index (χ3n) is 2.61. The van der Waals surface area contributed by atoms with Crippen molar-refractivity contribution in [3.8, 4) is 5.75 Å². The number of hydrogen-bond donors (Lipinski definition) is 4. The summed E-state index contributed by atoms with van der Waals surface area (Å²) in [5.41, 5.74) is 10.3.